The molecule has 0 aliphatic heterocycles. The fourth-order valence-corrected chi connectivity index (χ4v) is 1.90. The summed E-state index contributed by atoms with van der Waals surface area (Å²) >= 11 is 5.77. The van der Waals surface area contributed by atoms with Gasteiger partial charge < -0.3 is 19.9 Å². The van der Waals surface area contributed by atoms with Crippen LogP contribution in [0.5, 0.6) is 5.75 Å². The van der Waals surface area contributed by atoms with Gasteiger partial charge in [0.05, 0.1) is 6.04 Å². The summed E-state index contributed by atoms with van der Waals surface area (Å²) in [4.78, 5) is 11.7. The third-order valence-electron chi connectivity index (χ3n) is 3.06. The molecule has 0 fully saturated rings. The zero-order valence-electron chi connectivity index (χ0n) is 12.6. The van der Waals surface area contributed by atoms with Gasteiger partial charge in [0.1, 0.15) is 12.4 Å². The van der Waals surface area contributed by atoms with E-state index in [0.29, 0.717) is 10.8 Å². The summed E-state index contributed by atoms with van der Waals surface area (Å²) in [6, 6.07) is 15.2. The molecule has 0 aliphatic rings. The van der Waals surface area contributed by atoms with Crippen LogP contribution in [0.15, 0.2) is 54.6 Å². The van der Waals surface area contributed by atoms with Gasteiger partial charge in [-0.05, 0) is 36.8 Å². The molecule has 0 spiro atoms. The van der Waals surface area contributed by atoms with Crippen molar-refractivity contribution in [1.82, 2.24) is 5.32 Å². The fraction of sp³-hybridized carbons (Fsp3) is 0.235. The Kier molecular flexibility index (Phi) is 6.26. The number of rotatable bonds is 6. The molecular formula is C17H18ClNO4. The van der Waals surface area contributed by atoms with Gasteiger partial charge in [0.25, 0.3) is 0 Å². The van der Waals surface area contributed by atoms with Crippen LogP contribution in [-0.2, 0) is 11.3 Å². The van der Waals surface area contributed by atoms with E-state index >= 15 is 0 Å². The van der Waals surface area contributed by atoms with E-state index in [2.05, 4.69) is 5.32 Å². The molecule has 2 N–H and O–H groups in total. The van der Waals surface area contributed by atoms with E-state index in [1.54, 1.807) is 31.2 Å². The maximum atomic E-state index is 11.7. The van der Waals surface area contributed by atoms with Crippen LogP contribution in [0.3, 0.4) is 0 Å². The molecule has 1 unspecified atom stereocenters. The maximum absolute atomic E-state index is 11.7. The number of hydrogen-bond donors (Lipinski definition) is 2. The van der Waals surface area contributed by atoms with E-state index in [-0.39, 0.29) is 6.61 Å². The smallest absolute Gasteiger partial charge is 0.407 e. The third-order valence-corrected chi connectivity index (χ3v) is 3.31. The van der Waals surface area contributed by atoms with Gasteiger partial charge >= 0.3 is 6.09 Å². The zero-order chi connectivity index (χ0) is 16.7. The Labute approximate surface area is 139 Å². The van der Waals surface area contributed by atoms with Crippen LogP contribution >= 0.6 is 11.6 Å². The van der Waals surface area contributed by atoms with Gasteiger partial charge in [0, 0.05) is 5.02 Å². The highest BCUT2D eigenvalue weighted by atomic mass is 35.5. The molecule has 122 valence electrons. The molecule has 0 bridgehead atoms. The Morgan fingerprint density at radius 1 is 1.17 bits per heavy atom. The highest BCUT2D eigenvalue weighted by molar-refractivity contribution is 6.30. The van der Waals surface area contributed by atoms with Crippen molar-refractivity contribution in [3.63, 3.8) is 0 Å². The molecule has 2 atom stereocenters. The number of ether oxygens (including phenoxy) is 2. The lowest BCUT2D eigenvalue weighted by atomic mass is 10.2. The Balaban J connectivity index is 1.77. The van der Waals surface area contributed by atoms with Gasteiger partial charge in [-0.15, -0.1) is 0 Å². The molecule has 2 rings (SSSR count). The lowest BCUT2D eigenvalue weighted by Crippen LogP contribution is -2.44. The van der Waals surface area contributed by atoms with Crippen LogP contribution in [0.25, 0.3) is 0 Å². The summed E-state index contributed by atoms with van der Waals surface area (Å²) in [6.45, 7) is 1.78. The van der Waals surface area contributed by atoms with Crippen LogP contribution in [0.2, 0.25) is 5.02 Å². The number of benzene rings is 2. The largest absolute Gasteiger partial charge is 0.463 e. The van der Waals surface area contributed by atoms with Gasteiger partial charge in [0.2, 0.25) is 6.29 Å². The summed E-state index contributed by atoms with van der Waals surface area (Å²) < 4.78 is 10.4. The topological polar surface area (TPSA) is 67.8 Å². The lowest BCUT2D eigenvalue weighted by molar-refractivity contribution is -0.0407. The second kappa shape index (κ2) is 8.41. The van der Waals surface area contributed by atoms with Crippen LogP contribution in [0, 0.1) is 0 Å². The minimum atomic E-state index is -1.21. The molecule has 0 saturated carbocycles. The quantitative estimate of drug-likeness (QED) is 0.794. The number of aliphatic hydroxyl groups is 1. The molecule has 0 radical (unpaired) electrons. The third kappa shape index (κ3) is 5.81. The van der Waals surface area contributed by atoms with Crippen molar-refractivity contribution in [2.75, 3.05) is 0 Å². The summed E-state index contributed by atoms with van der Waals surface area (Å²) in [5.41, 5.74) is 0.883. The summed E-state index contributed by atoms with van der Waals surface area (Å²) in [7, 11) is 0. The number of halogens is 1. The number of amides is 1. The highest BCUT2D eigenvalue weighted by Gasteiger charge is 2.19. The van der Waals surface area contributed by atoms with E-state index in [9.17, 15) is 9.90 Å². The predicted octanol–water partition coefficient (Wildman–Crippen LogP) is 3.35. The van der Waals surface area contributed by atoms with Gasteiger partial charge in [-0.25, -0.2) is 4.79 Å². The number of hydrogen-bond acceptors (Lipinski definition) is 4. The first-order valence-electron chi connectivity index (χ1n) is 7.12. The molecule has 6 heteroatoms. The van der Waals surface area contributed by atoms with E-state index < -0.39 is 18.4 Å². The van der Waals surface area contributed by atoms with Crippen molar-refractivity contribution in [3.8, 4) is 5.75 Å². The summed E-state index contributed by atoms with van der Waals surface area (Å²) in [6.07, 6.45) is -1.83. The van der Waals surface area contributed by atoms with Crippen molar-refractivity contribution in [2.45, 2.75) is 25.9 Å². The van der Waals surface area contributed by atoms with Crippen LogP contribution in [0.1, 0.15) is 12.5 Å². The van der Waals surface area contributed by atoms with Crippen molar-refractivity contribution in [2.24, 2.45) is 0 Å². The number of alkyl carbamates (subject to hydrolysis) is 1. The zero-order valence-corrected chi connectivity index (χ0v) is 13.4. The van der Waals surface area contributed by atoms with E-state index in [4.69, 9.17) is 21.1 Å². The molecule has 2 aromatic carbocycles. The molecule has 23 heavy (non-hydrogen) atoms. The second-order valence-electron chi connectivity index (χ2n) is 4.96. The number of nitrogens with one attached hydrogen (secondary N) is 1. The lowest BCUT2D eigenvalue weighted by Gasteiger charge is -2.21. The highest BCUT2D eigenvalue weighted by Crippen LogP contribution is 2.17. The maximum Gasteiger partial charge on any atom is 0.407 e. The standard InChI is InChI=1S/C17H18ClNO4/c1-12(16(20)23-15-9-7-14(18)8-10-15)19-17(21)22-11-13-5-3-2-4-6-13/h2-10,12,16,20H,11H2,1H3,(H,19,21)/t12-,16?/m1/s1. The number of aliphatic hydroxyl groups excluding tert-OH is 1. The van der Waals surface area contributed by atoms with E-state index in [1.165, 1.54) is 0 Å². The van der Waals surface area contributed by atoms with Crippen molar-refractivity contribution in [1.29, 1.82) is 0 Å². The molecule has 1 amide bonds. The van der Waals surface area contributed by atoms with E-state index in [0.717, 1.165) is 5.56 Å². The monoisotopic (exact) mass is 335 g/mol. The molecule has 2 aromatic rings. The molecular weight excluding hydrogens is 318 g/mol. The minimum Gasteiger partial charge on any atom is -0.463 e. The molecule has 0 aromatic heterocycles. The summed E-state index contributed by atoms with van der Waals surface area (Å²) in [5.74, 6) is 0.452. The Hall–Kier alpha value is -2.24. The average Bonchev–Trinajstić information content (AvgIpc) is 2.56. The van der Waals surface area contributed by atoms with Gasteiger partial charge in [0.15, 0.2) is 0 Å². The molecule has 0 saturated heterocycles. The fourth-order valence-electron chi connectivity index (χ4n) is 1.78. The first-order chi connectivity index (χ1) is 11.0. The second-order valence-corrected chi connectivity index (χ2v) is 5.39. The number of carbonyl (C=O) groups is 1. The first-order valence-corrected chi connectivity index (χ1v) is 7.50. The molecule has 5 nitrogen and oxygen atoms in total. The normalized spacial score (nSPS) is 13.0. The van der Waals surface area contributed by atoms with Crippen LogP contribution in [-0.4, -0.2) is 23.5 Å². The number of carbonyl (C=O) groups excluding carboxylic acids is 1. The van der Waals surface area contributed by atoms with Gasteiger partial charge in [-0.2, -0.15) is 0 Å². The molecule has 0 heterocycles. The minimum absolute atomic E-state index is 0.160. The van der Waals surface area contributed by atoms with Crippen LogP contribution < -0.4 is 10.1 Å². The molecule has 0 aliphatic carbocycles. The first kappa shape index (κ1) is 17.1. The van der Waals surface area contributed by atoms with Gasteiger partial charge in [-0.3, -0.25) is 0 Å². The average molecular weight is 336 g/mol. The Morgan fingerprint density at radius 2 is 1.83 bits per heavy atom. The SMILES string of the molecule is C[C@@H](NC(=O)OCc1ccccc1)C(O)Oc1ccc(Cl)cc1. The van der Waals surface area contributed by atoms with Crippen molar-refractivity contribution in [3.05, 3.63) is 65.2 Å². The van der Waals surface area contributed by atoms with Crippen molar-refractivity contribution < 1.29 is 19.4 Å². The van der Waals surface area contributed by atoms with Crippen molar-refractivity contribution >= 4 is 17.7 Å². The summed E-state index contributed by atoms with van der Waals surface area (Å²) in [5, 5.41) is 13.0. The van der Waals surface area contributed by atoms with E-state index in [1.807, 2.05) is 30.3 Å². The van der Waals surface area contributed by atoms with Gasteiger partial charge in [-0.1, -0.05) is 41.9 Å². The Morgan fingerprint density at radius 3 is 2.48 bits per heavy atom. The Bertz CT molecular complexity index is 618. The predicted molar refractivity (Wildman–Crippen MR) is 87.3 cm³/mol. The van der Waals surface area contributed by atoms with Crippen LogP contribution in [0.4, 0.5) is 4.79 Å².